The number of hydrogen-bond acceptors (Lipinski definition) is 2. The molecule has 130 valence electrons. The highest BCUT2D eigenvalue weighted by molar-refractivity contribution is 5.90. The lowest BCUT2D eigenvalue weighted by atomic mass is 9.94. The number of aromatic nitrogens is 1. The molecule has 2 unspecified atom stereocenters. The number of aryl methyl sites for hydroxylation is 1. The van der Waals surface area contributed by atoms with Crippen LogP contribution in [-0.2, 0) is 16.0 Å². The molecule has 0 bridgehead atoms. The Labute approximate surface area is 144 Å². The highest BCUT2D eigenvalue weighted by Gasteiger charge is 2.28. The molecular formula is C20H28N2O2. The summed E-state index contributed by atoms with van der Waals surface area (Å²) >= 11 is 0. The molecule has 2 N–H and O–H groups in total. The third-order valence-corrected chi connectivity index (χ3v) is 4.85. The van der Waals surface area contributed by atoms with Gasteiger partial charge in [-0.25, -0.2) is 0 Å². The number of amides is 1. The number of fused-ring (bicyclic) bond motifs is 1. The Morgan fingerprint density at radius 1 is 1.38 bits per heavy atom. The summed E-state index contributed by atoms with van der Waals surface area (Å²) in [5.74, 6) is 0.662. The number of benzene rings is 1. The predicted molar refractivity (Wildman–Crippen MR) is 97.1 cm³/mol. The molecule has 0 saturated carbocycles. The lowest BCUT2D eigenvalue weighted by molar-refractivity contribution is -0.123. The van der Waals surface area contributed by atoms with E-state index in [4.69, 9.17) is 4.74 Å². The first-order chi connectivity index (χ1) is 11.5. The average molecular weight is 328 g/mol. The molecule has 1 aromatic carbocycles. The number of H-pyrrole nitrogens is 1. The standard InChI is InChI=1S/C20H28N2O2/c1-13(2)11-19-18(9-6-10-24-19)22-20(23)12-16-14(3)21-17-8-5-4-7-15(16)17/h4-5,7-8,13,18-19,21H,6,9-12H2,1-3H3,(H,22,23). The first-order valence-corrected chi connectivity index (χ1v) is 9.01. The van der Waals surface area contributed by atoms with Crippen LogP contribution in [0.15, 0.2) is 24.3 Å². The molecule has 4 heteroatoms. The first-order valence-electron chi connectivity index (χ1n) is 9.01. The Hall–Kier alpha value is -1.81. The molecular weight excluding hydrogens is 300 g/mol. The van der Waals surface area contributed by atoms with Gasteiger partial charge in [0, 0.05) is 23.2 Å². The summed E-state index contributed by atoms with van der Waals surface area (Å²) < 4.78 is 5.91. The fourth-order valence-electron chi connectivity index (χ4n) is 3.68. The van der Waals surface area contributed by atoms with Gasteiger partial charge in [0.25, 0.3) is 0 Å². The van der Waals surface area contributed by atoms with Crippen LogP contribution in [0.4, 0.5) is 0 Å². The van der Waals surface area contributed by atoms with Crippen molar-refractivity contribution in [1.29, 1.82) is 0 Å². The van der Waals surface area contributed by atoms with Crippen LogP contribution in [0.25, 0.3) is 10.9 Å². The van der Waals surface area contributed by atoms with E-state index >= 15 is 0 Å². The number of ether oxygens (including phenoxy) is 1. The Kier molecular flexibility index (Phi) is 5.24. The molecule has 1 fully saturated rings. The summed E-state index contributed by atoms with van der Waals surface area (Å²) in [5.41, 5.74) is 3.27. The zero-order valence-electron chi connectivity index (χ0n) is 14.9. The van der Waals surface area contributed by atoms with Crippen LogP contribution in [0, 0.1) is 12.8 Å². The van der Waals surface area contributed by atoms with E-state index in [1.165, 1.54) is 0 Å². The van der Waals surface area contributed by atoms with Gasteiger partial charge in [0.1, 0.15) is 0 Å². The molecule has 0 spiro atoms. The van der Waals surface area contributed by atoms with Crippen molar-refractivity contribution >= 4 is 16.8 Å². The average Bonchev–Trinajstić information content (AvgIpc) is 2.85. The van der Waals surface area contributed by atoms with Crippen molar-refractivity contribution < 1.29 is 9.53 Å². The summed E-state index contributed by atoms with van der Waals surface area (Å²) in [6.07, 6.45) is 3.59. The highest BCUT2D eigenvalue weighted by Crippen LogP contribution is 2.23. The van der Waals surface area contributed by atoms with Crippen molar-refractivity contribution in [3.63, 3.8) is 0 Å². The van der Waals surface area contributed by atoms with E-state index in [1.54, 1.807) is 0 Å². The van der Waals surface area contributed by atoms with E-state index in [1.807, 2.05) is 19.1 Å². The van der Waals surface area contributed by atoms with Gasteiger partial charge in [-0.15, -0.1) is 0 Å². The molecule has 1 aliphatic rings. The topological polar surface area (TPSA) is 54.1 Å². The van der Waals surface area contributed by atoms with E-state index in [0.717, 1.165) is 48.0 Å². The molecule has 2 aromatic rings. The number of nitrogens with one attached hydrogen (secondary N) is 2. The maximum absolute atomic E-state index is 12.6. The van der Waals surface area contributed by atoms with Crippen molar-refractivity contribution in [2.45, 2.75) is 58.6 Å². The minimum absolute atomic E-state index is 0.0899. The lowest BCUT2D eigenvalue weighted by Crippen LogP contribution is -2.48. The second kappa shape index (κ2) is 7.39. The SMILES string of the molecule is Cc1[nH]c2ccccc2c1CC(=O)NC1CCCOC1CC(C)C. The molecule has 1 aliphatic heterocycles. The monoisotopic (exact) mass is 328 g/mol. The molecule has 4 nitrogen and oxygen atoms in total. The van der Waals surface area contributed by atoms with Gasteiger partial charge in [-0.05, 0) is 43.7 Å². The second-order valence-electron chi connectivity index (χ2n) is 7.31. The molecule has 2 heterocycles. The van der Waals surface area contributed by atoms with Crippen LogP contribution in [0.5, 0.6) is 0 Å². The van der Waals surface area contributed by atoms with E-state index in [2.05, 4.69) is 36.3 Å². The minimum atomic E-state index is 0.0899. The number of para-hydroxylation sites is 1. The predicted octanol–water partition coefficient (Wildman–Crippen LogP) is 3.73. The van der Waals surface area contributed by atoms with Gasteiger partial charge < -0.3 is 15.0 Å². The molecule has 0 radical (unpaired) electrons. The molecule has 3 rings (SSSR count). The summed E-state index contributed by atoms with van der Waals surface area (Å²) in [6, 6.07) is 8.30. The second-order valence-corrected chi connectivity index (χ2v) is 7.31. The molecule has 24 heavy (non-hydrogen) atoms. The van der Waals surface area contributed by atoms with Crippen molar-refractivity contribution in [1.82, 2.24) is 10.3 Å². The maximum Gasteiger partial charge on any atom is 0.224 e. The molecule has 2 atom stereocenters. The summed E-state index contributed by atoms with van der Waals surface area (Å²) in [5, 5.41) is 4.37. The quantitative estimate of drug-likeness (QED) is 0.879. The van der Waals surface area contributed by atoms with Gasteiger partial charge in [-0.1, -0.05) is 32.0 Å². The largest absolute Gasteiger partial charge is 0.376 e. The van der Waals surface area contributed by atoms with Crippen molar-refractivity contribution in [3.8, 4) is 0 Å². The smallest absolute Gasteiger partial charge is 0.224 e. The third-order valence-electron chi connectivity index (χ3n) is 4.85. The van der Waals surface area contributed by atoms with Crippen LogP contribution < -0.4 is 5.32 Å². The van der Waals surface area contributed by atoms with Crippen molar-refractivity contribution in [2.75, 3.05) is 6.61 Å². The lowest BCUT2D eigenvalue weighted by Gasteiger charge is -2.33. The number of carbonyl (C=O) groups is 1. The number of carbonyl (C=O) groups excluding carboxylic acids is 1. The molecule has 1 saturated heterocycles. The van der Waals surface area contributed by atoms with E-state index < -0.39 is 0 Å². The van der Waals surface area contributed by atoms with Crippen molar-refractivity contribution in [2.24, 2.45) is 5.92 Å². The van der Waals surface area contributed by atoms with Gasteiger partial charge in [0.15, 0.2) is 0 Å². The van der Waals surface area contributed by atoms with Crippen LogP contribution in [-0.4, -0.2) is 29.6 Å². The Bertz CT molecular complexity index is 705. The third kappa shape index (κ3) is 3.81. The fraction of sp³-hybridized carbons (Fsp3) is 0.550. The first kappa shape index (κ1) is 17.0. The van der Waals surface area contributed by atoms with Gasteiger partial charge in [0.2, 0.25) is 5.91 Å². The van der Waals surface area contributed by atoms with Crippen LogP contribution in [0.2, 0.25) is 0 Å². The fourth-order valence-corrected chi connectivity index (χ4v) is 3.68. The normalized spacial score (nSPS) is 21.3. The van der Waals surface area contributed by atoms with Gasteiger partial charge in [0.05, 0.1) is 18.6 Å². The Morgan fingerprint density at radius 2 is 2.17 bits per heavy atom. The minimum Gasteiger partial charge on any atom is -0.376 e. The summed E-state index contributed by atoms with van der Waals surface area (Å²) in [7, 11) is 0. The van der Waals surface area contributed by atoms with Crippen LogP contribution in [0.3, 0.4) is 0 Å². The maximum atomic E-state index is 12.6. The van der Waals surface area contributed by atoms with E-state index in [-0.39, 0.29) is 18.1 Å². The molecule has 1 aromatic heterocycles. The zero-order valence-corrected chi connectivity index (χ0v) is 14.9. The van der Waals surface area contributed by atoms with E-state index in [9.17, 15) is 4.79 Å². The van der Waals surface area contributed by atoms with E-state index in [0.29, 0.717) is 12.3 Å². The van der Waals surface area contributed by atoms with Gasteiger partial charge in [-0.3, -0.25) is 4.79 Å². The molecule has 0 aliphatic carbocycles. The highest BCUT2D eigenvalue weighted by atomic mass is 16.5. The number of hydrogen-bond donors (Lipinski definition) is 2. The summed E-state index contributed by atoms with van der Waals surface area (Å²) in [6.45, 7) is 7.25. The zero-order chi connectivity index (χ0) is 17.1. The van der Waals surface area contributed by atoms with Gasteiger partial charge >= 0.3 is 0 Å². The van der Waals surface area contributed by atoms with Gasteiger partial charge in [-0.2, -0.15) is 0 Å². The van der Waals surface area contributed by atoms with Crippen molar-refractivity contribution in [3.05, 3.63) is 35.5 Å². The number of aromatic amines is 1. The van der Waals surface area contributed by atoms with Crippen LogP contribution >= 0.6 is 0 Å². The summed E-state index contributed by atoms with van der Waals surface area (Å²) in [4.78, 5) is 16.0. The Balaban J connectivity index is 1.69. The molecule has 1 amide bonds. The number of rotatable bonds is 5. The Morgan fingerprint density at radius 3 is 2.96 bits per heavy atom. The van der Waals surface area contributed by atoms with Crippen LogP contribution in [0.1, 0.15) is 44.4 Å².